The maximum absolute atomic E-state index is 13.0. The number of aryl methyl sites for hydroxylation is 1. The molecule has 5 nitrogen and oxygen atoms in total. The highest BCUT2D eigenvalue weighted by molar-refractivity contribution is 6.11. The van der Waals surface area contributed by atoms with E-state index < -0.39 is 0 Å². The summed E-state index contributed by atoms with van der Waals surface area (Å²) in [5.41, 5.74) is 2.47. The minimum absolute atomic E-state index is 0.254. The number of ether oxygens (including phenoxy) is 1. The molecule has 2 N–H and O–H groups in total. The van der Waals surface area contributed by atoms with E-state index in [9.17, 15) is 9.59 Å². The summed E-state index contributed by atoms with van der Waals surface area (Å²) < 4.78 is 5.43. The van der Waals surface area contributed by atoms with Crippen molar-refractivity contribution in [2.75, 3.05) is 19.0 Å². The van der Waals surface area contributed by atoms with Gasteiger partial charge in [0.2, 0.25) is 0 Å². The van der Waals surface area contributed by atoms with Crippen LogP contribution in [0.1, 0.15) is 32.7 Å². The fourth-order valence-corrected chi connectivity index (χ4v) is 3.77. The van der Waals surface area contributed by atoms with Crippen molar-refractivity contribution in [1.29, 1.82) is 0 Å². The minimum atomic E-state index is -0.302. The van der Waals surface area contributed by atoms with Crippen LogP contribution in [0, 0.1) is 0 Å². The molecule has 4 rings (SSSR count). The van der Waals surface area contributed by atoms with E-state index in [-0.39, 0.29) is 11.8 Å². The van der Waals surface area contributed by atoms with Gasteiger partial charge >= 0.3 is 0 Å². The predicted molar refractivity (Wildman–Crippen MR) is 132 cm³/mol. The van der Waals surface area contributed by atoms with Gasteiger partial charge < -0.3 is 15.4 Å². The van der Waals surface area contributed by atoms with Crippen molar-refractivity contribution in [2.24, 2.45) is 0 Å². The summed E-state index contributed by atoms with van der Waals surface area (Å²) in [5, 5.41) is 7.87. The predicted octanol–water partition coefficient (Wildman–Crippen LogP) is 5.46. The molecule has 0 heterocycles. The van der Waals surface area contributed by atoms with Crippen LogP contribution >= 0.6 is 0 Å². The lowest BCUT2D eigenvalue weighted by Crippen LogP contribution is -2.26. The molecule has 4 aromatic rings. The number of anilines is 1. The van der Waals surface area contributed by atoms with Gasteiger partial charge in [-0.15, -0.1) is 0 Å². The second kappa shape index (κ2) is 10.5. The molecule has 0 atom stereocenters. The Morgan fingerprint density at radius 1 is 0.788 bits per heavy atom. The lowest BCUT2D eigenvalue weighted by Gasteiger charge is -2.15. The largest absolute Gasteiger partial charge is 0.495 e. The van der Waals surface area contributed by atoms with E-state index in [1.807, 2.05) is 54.6 Å². The Kier molecular flexibility index (Phi) is 7.00. The summed E-state index contributed by atoms with van der Waals surface area (Å²) in [7, 11) is 1.52. The number of amides is 2. The summed E-state index contributed by atoms with van der Waals surface area (Å²) in [6.07, 6.45) is 1.70. The van der Waals surface area contributed by atoms with Crippen LogP contribution in [0.15, 0.2) is 91.0 Å². The molecule has 33 heavy (non-hydrogen) atoms. The quantitative estimate of drug-likeness (QED) is 0.359. The highest BCUT2D eigenvalue weighted by Gasteiger charge is 2.18. The molecule has 0 bridgehead atoms. The lowest BCUT2D eigenvalue weighted by atomic mass is 10.1. The second-order valence-corrected chi connectivity index (χ2v) is 7.74. The van der Waals surface area contributed by atoms with Crippen molar-refractivity contribution >= 4 is 28.3 Å². The number of benzene rings is 4. The number of carbonyl (C=O) groups excluding carboxylic acids is 2. The molecule has 0 aliphatic carbocycles. The summed E-state index contributed by atoms with van der Waals surface area (Å²) in [4.78, 5) is 25.9. The van der Waals surface area contributed by atoms with Crippen molar-refractivity contribution in [3.8, 4) is 5.75 Å². The van der Waals surface area contributed by atoms with E-state index in [1.54, 1.807) is 24.3 Å². The minimum Gasteiger partial charge on any atom is -0.495 e. The molecule has 0 aliphatic heterocycles. The fourth-order valence-electron chi connectivity index (χ4n) is 3.77. The summed E-state index contributed by atoms with van der Waals surface area (Å²) in [6, 6.07) is 28.7. The molecule has 4 aromatic carbocycles. The van der Waals surface area contributed by atoms with Gasteiger partial charge in [-0.1, -0.05) is 66.7 Å². The van der Waals surface area contributed by atoms with Crippen molar-refractivity contribution < 1.29 is 14.3 Å². The normalized spacial score (nSPS) is 10.6. The van der Waals surface area contributed by atoms with Gasteiger partial charge in [0.1, 0.15) is 5.75 Å². The maximum Gasteiger partial charge on any atom is 0.255 e. The topological polar surface area (TPSA) is 67.4 Å². The number of carbonyl (C=O) groups is 2. The van der Waals surface area contributed by atoms with Gasteiger partial charge in [0, 0.05) is 12.1 Å². The Hall–Kier alpha value is -4.12. The maximum atomic E-state index is 13.0. The fraction of sp³-hybridized carbons (Fsp3) is 0.143. The van der Waals surface area contributed by atoms with Crippen molar-refractivity contribution in [3.05, 3.63) is 108 Å². The average Bonchev–Trinajstić information content (AvgIpc) is 2.87. The molecule has 5 heteroatoms. The monoisotopic (exact) mass is 438 g/mol. The molecule has 0 radical (unpaired) electrons. The van der Waals surface area contributed by atoms with Crippen LogP contribution in [0.4, 0.5) is 5.69 Å². The first-order chi connectivity index (χ1) is 16.2. The third-order valence-electron chi connectivity index (χ3n) is 5.51. The number of methoxy groups -OCH3 is 1. The summed E-state index contributed by atoms with van der Waals surface area (Å²) in [5.74, 6) is -0.125. The van der Waals surface area contributed by atoms with Gasteiger partial charge in [0.25, 0.3) is 11.8 Å². The van der Waals surface area contributed by atoms with Crippen LogP contribution in [-0.4, -0.2) is 25.5 Å². The zero-order valence-electron chi connectivity index (χ0n) is 18.5. The SMILES string of the molecule is COc1cccc(C(=O)NCCCc2ccccc2)c1NC(=O)c1ccc2ccccc2c1. The zero-order valence-corrected chi connectivity index (χ0v) is 18.5. The van der Waals surface area contributed by atoms with Gasteiger partial charge in [0.15, 0.2) is 0 Å². The first kappa shape index (κ1) is 22.1. The first-order valence-corrected chi connectivity index (χ1v) is 10.9. The van der Waals surface area contributed by atoms with Gasteiger partial charge in [-0.3, -0.25) is 9.59 Å². The summed E-state index contributed by atoms with van der Waals surface area (Å²) in [6.45, 7) is 0.531. The Balaban J connectivity index is 1.47. The molecule has 0 unspecified atom stereocenters. The summed E-state index contributed by atoms with van der Waals surface area (Å²) >= 11 is 0. The van der Waals surface area contributed by atoms with Crippen molar-refractivity contribution in [3.63, 3.8) is 0 Å². The van der Waals surface area contributed by atoms with Gasteiger partial charge in [0.05, 0.1) is 18.4 Å². The number of hydrogen-bond acceptors (Lipinski definition) is 3. The van der Waals surface area contributed by atoms with E-state index in [4.69, 9.17) is 4.74 Å². The molecule has 0 saturated carbocycles. The Morgan fingerprint density at radius 2 is 1.55 bits per heavy atom. The molecule has 2 amide bonds. The van der Waals surface area contributed by atoms with Crippen LogP contribution in [-0.2, 0) is 6.42 Å². The average molecular weight is 439 g/mol. The van der Waals surface area contributed by atoms with Crippen LogP contribution < -0.4 is 15.4 Å². The first-order valence-electron chi connectivity index (χ1n) is 10.9. The third kappa shape index (κ3) is 5.39. The number of fused-ring (bicyclic) bond motifs is 1. The molecule has 0 aliphatic rings. The molecule has 0 aromatic heterocycles. The molecule has 166 valence electrons. The second-order valence-electron chi connectivity index (χ2n) is 7.74. The van der Waals surface area contributed by atoms with Gasteiger partial charge in [-0.2, -0.15) is 0 Å². The van der Waals surface area contributed by atoms with Crippen LogP contribution in [0.5, 0.6) is 5.75 Å². The Labute approximate surface area is 193 Å². The van der Waals surface area contributed by atoms with Gasteiger partial charge in [-0.05, 0) is 53.4 Å². The standard InChI is InChI=1S/C28H26N2O3/c1-33-25-15-7-14-24(28(32)29-18-8-11-20-9-3-2-4-10-20)26(25)30-27(31)23-17-16-21-12-5-6-13-22(21)19-23/h2-7,9-10,12-17,19H,8,11,18H2,1H3,(H,29,32)(H,30,31). The number of nitrogens with one attached hydrogen (secondary N) is 2. The zero-order chi connectivity index (χ0) is 23.0. The van der Waals surface area contributed by atoms with Crippen LogP contribution in [0.25, 0.3) is 10.8 Å². The highest BCUT2D eigenvalue weighted by atomic mass is 16.5. The van der Waals surface area contributed by atoms with Crippen LogP contribution in [0.3, 0.4) is 0 Å². The molecule has 0 spiro atoms. The number of rotatable bonds is 8. The Morgan fingerprint density at radius 3 is 2.33 bits per heavy atom. The lowest BCUT2D eigenvalue weighted by molar-refractivity contribution is 0.0954. The molecular formula is C28H26N2O3. The highest BCUT2D eigenvalue weighted by Crippen LogP contribution is 2.29. The van der Waals surface area contributed by atoms with Crippen molar-refractivity contribution in [2.45, 2.75) is 12.8 Å². The van der Waals surface area contributed by atoms with E-state index in [1.165, 1.54) is 12.7 Å². The number of hydrogen-bond donors (Lipinski definition) is 2. The van der Waals surface area contributed by atoms with Gasteiger partial charge in [-0.25, -0.2) is 0 Å². The molecule has 0 saturated heterocycles. The van der Waals surface area contributed by atoms with E-state index in [0.717, 1.165) is 23.6 Å². The van der Waals surface area contributed by atoms with E-state index in [2.05, 4.69) is 22.8 Å². The Bertz CT molecular complexity index is 1270. The smallest absolute Gasteiger partial charge is 0.255 e. The third-order valence-corrected chi connectivity index (χ3v) is 5.51. The van der Waals surface area contributed by atoms with Crippen LogP contribution in [0.2, 0.25) is 0 Å². The molecule has 0 fully saturated rings. The van der Waals surface area contributed by atoms with Crippen molar-refractivity contribution in [1.82, 2.24) is 5.32 Å². The van der Waals surface area contributed by atoms with E-state index >= 15 is 0 Å². The molecular weight excluding hydrogens is 412 g/mol. The van der Waals surface area contributed by atoms with E-state index in [0.29, 0.717) is 29.1 Å². The number of para-hydroxylation sites is 1.